The van der Waals surface area contributed by atoms with Gasteiger partial charge in [0.2, 0.25) is 0 Å². The summed E-state index contributed by atoms with van der Waals surface area (Å²) in [6.07, 6.45) is 0.977. The maximum Gasteiger partial charge on any atom is 0.279 e. The molecule has 0 radical (unpaired) electrons. The molecule has 7 heteroatoms. The molecule has 1 fully saturated rings. The summed E-state index contributed by atoms with van der Waals surface area (Å²) in [6.45, 7) is 5.97. The van der Waals surface area contributed by atoms with Crippen LogP contribution in [0.5, 0.6) is 5.75 Å². The molecule has 1 aromatic carbocycles. The Morgan fingerprint density at radius 3 is 2.83 bits per heavy atom. The van der Waals surface area contributed by atoms with Crippen molar-refractivity contribution in [3.05, 3.63) is 24.3 Å². The third kappa shape index (κ3) is 4.59. The summed E-state index contributed by atoms with van der Waals surface area (Å²) in [5.41, 5.74) is 1.12. The van der Waals surface area contributed by atoms with Crippen LogP contribution in [0.15, 0.2) is 24.3 Å². The fourth-order valence-corrected chi connectivity index (χ4v) is 3.85. The molecule has 0 aromatic heterocycles. The number of benzene rings is 1. The number of ether oxygens (including phenoxy) is 1. The Hall–Kier alpha value is -1.31. The van der Waals surface area contributed by atoms with Gasteiger partial charge in [0.1, 0.15) is 5.75 Å². The lowest BCUT2D eigenvalue weighted by atomic mass is 10.1. The molecule has 1 aliphatic rings. The standard InChI is InChI=1S/C16H27N3O3S/c1-13(2)18(3)23(20,21)17-11-14-8-9-19(12-14)15-6-5-7-16(10-15)22-4/h5-7,10,13-14,17H,8-9,11-12H2,1-4H3. The Kier molecular flexibility index (Phi) is 5.89. The van der Waals surface area contributed by atoms with Crippen molar-refractivity contribution in [3.63, 3.8) is 0 Å². The lowest BCUT2D eigenvalue weighted by molar-refractivity contribution is 0.398. The van der Waals surface area contributed by atoms with E-state index in [0.717, 1.165) is 30.9 Å². The van der Waals surface area contributed by atoms with Crippen molar-refractivity contribution in [1.82, 2.24) is 9.03 Å². The molecular weight excluding hydrogens is 314 g/mol. The van der Waals surface area contributed by atoms with Crippen LogP contribution in [0, 0.1) is 5.92 Å². The molecule has 130 valence electrons. The molecule has 0 spiro atoms. The van der Waals surface area contributed by atoms with Gasteiger partial charge in [-0.15, -0.1) is 0 Å². The first-order valence-electron chi connectivity index (χ1n) is 7.95. The summed E-state index contributed by atoms with van der Waals surface area (Å²) >= 11 is 0. The predicted octanol–water partition coefficient (Wildman–Crippen LogP) is 1.70. The predicted molar refractivity (Wildman–Crippen MR) is 93.1 cm³/mol. The van der Waals surface area contributed by atoms with E-state index in [1.165, 1.54) is 4.31 Å². The molecule has 0 aliphatic carbocycles. The minimum Gasteiger partial charge on any atom is -0.497 e. The highest BCUT2D eigenvalue weighted by atomic mass is 32.2. The largest absolute Gasteiger partial charge is 0.497 e. The van der Waals surface area contributed by atoms with Crippen LogP contribution in [-0.2, 0) is 10.2 Å². The molecule has 1 aromatic rings. The van der Waals surface area contributed by atoms with Crippen LogP contribution in [0.25, 0.3) is 0 Å². The summed E-state index contributed by atoms with van der Waals surface area (Å²) in [5.74, 6) is 1.15. The highest BCUT2D eigenvalue weighted by molar-refractivity contribution is 7.87. The molecule has 23 heavy (non-hydrogen) atoms. The molecule has 0 bridgehead atoms. The monoisotopic (exact) mass is 341 g/mol. The van der Waals surface area contributed by atoms with Crippen molar-refractivity contribution in [2.24, 2.45) is 5.92 Å². The number of hydrogen-bond acceptors (Lipinski definition) is 4. The van der Waals surface area contributed by atoms with Gasteiger partial charge in [-0.25, -0.2) is 4.72 Å². The molecule has 1 aliphatic heterocycles. The first-order valence-corrected chi connectivity index (χ1v) is 9.39. The lowest BCUT2D eigenvalue weighted by Gasteiger charge is -2.23. The molecule has 1 heterocycles. The van der Waals surface area contributed by atoms with E-state index in [1.807, 2.05) is 32.0 Å². The first kappa shape index (κ1) is 18.0. The summed E-state index contributed by atoms with van der Waals surface area (Å²) in [6, 6.07) is 7.92. The summed E-state index contributed by atoms with van der Waals surface area (Å²) in [5, 5.41) is 0. The summed E-state index contributed by atoms with van der Waals surface area (Å²) in [4.78, 5) is 2.27. The molecule has 1 saturated heterocycles. The average Bonchev–Trinajstić information content (AvgIpc) is 3.01. The minimum absolute atomic E-state index is 0.0515. The summed E-state index contributed by atoms with van der Waals surface area (Å²) < 4.78 is 33.6. The van der Waals surface area contributed by atoms with E-state index in [9.17, 15) is 8.42 Å². The van der Waals surface area contributed by atoms with Crippen molar-refractivity contribution in [1.29, 1.82) is 0 Å². The van der Waals surface area contributed by atoms with E-state index in [2.05, 4.69) is 15.7 Å². The van der Waals surface area contributed by atoms with Gasteiger partial charge in [0.05, 0.1) is 7.11 Å². The fourth-order valence-electron chi connectivity index (χ4n) is 2.64. The Bertz CT molecular complexity index is 619. The average molecular weight is 341 g/mol. The lowest BCUT2D eigenvalue weighted by Crippen LogP contribution is -2.43. The van der Waals surface area contributed by atoms with E-state index >= 15 is 0 Å². The minimum atomic E-state index is -3.39. The van der Waals surface area contributed by atoms with Gasteiger partial charge in [0.15, 0.2) is 0 Å². The second kappa shape index (κ2) is 7.51. The Balaban J connectivity index is 1.90. The van der Waals surface area contributed by atoms with Gasteiger partial charge in [-0.1, -0.05) is 6.07 Å². The van der Waals surface area contributed by atoms with Crippen LogP contribution in [0.3, 0.4) is 0 Å². The number of hydrogen-bond donors (Lipinski definition) is 1. The number of methoxy groups -OCH3 is 1. The number of anilines is 1. The maximum atomic E-state index is 12.1. The quantitative estimate of drug-likeness (QED) is 0.820. The molecule has 1 N–H and O–H groups in total. The fraction of sp³-hybridized carbons (Fsp3) is 0.625. The first-order chi connectivity index (χ1) is 10.8. The molecule has 0 saturated carbocycles. The highest BCUT2D eigenvalue weighted by Crippen LogP contribution is 2.26. The molecular formula is C16H27N3O3S. The molecule has 6 nitrogen and oxygen atoms in total. The van der Waals surface area contributed by atoms with Gasteiger partial charge in [0.25, 0.3) is 10.2 Å². The van der Waals surface area contributed by atoms with Crippen molar-refractivity contribution in [2.75, 3.05) is 38.7 Å². The van der Waals surface area contributed by atoms with Gasteiger partial charge >= 0.3 is 0 Å². The zero-order chi connectivity index (χ0) is 17.0. The number of rotatable bonds is 7. The molecule has 0 amide bonds. The molecule has 1 unspecified atom stereocenters. The van der Waals surface area contributed by atoms with Crippen LogP contribution >= 0.6 is 0 Å². The Labute approximate surface area is 139 Å². The van der Waals surface area contributed by atoms with Crippen molar-refractivity contribution >= 4 is 15.9 Å². The second-order valence-electron chi connectivity index (χ2n) is 6.27. The van der Waals surface area contributed by atoms with E-state index in [1.54, 1.807) is 14.2 Å². The zero-order valence-electron chi connectivity index (χ0n) is 14.3. The van der Waals surface area contributed by atoms with Crippen LogP contribution < -0.4 is 14.4 Å². The second-order valence-corrected chi connectivity index (χ2v) is 8.08. The summed E-state index contributed by atoms with van der Waals surface area (Å²) in [7, 11) is -0.135. The van der Waals surface area contributed by atoms with Crippen LogP contribution in [0.2, 0.25) is 0 Å². The highest BCUT2D eigenvalue weighted by Gasteiger charge is 2.26. The van der Waals surface area contributed by atoms with Crippen molar-refractivity contribution in [2.45, 2.75) is 26.3 Å². The van der Waals surface area contributed by atoms with Gasteiger partial charge in [0, 0.05) is 44.5 Å². The maximum absolute atomic E-state index is 12.1. The number of nitrogens with zero attached hydrogens (tertiary/aromatic N) is 2. The van der Waals surface area contributed by atoms with E-state index in [4.69, 9.17) is 4.74 Å². The Morgan fingerprint density at radius 1 is 1.43 bits per heavy atom. The smallest absolute Gasteiger partial charge is 0.279 e. The third-order valence-electron chi connectivity index (χ3n) is 4.37. The van der Waals surface area contributed by atoms with Crippen LogP contribution in [0.4, 0.5) is 5.69 Å². The SMILES string of the molecule is COc1cccc(N2CCC(CNS(=O)(=O)N(C)C(C)C)C2)c1. The van der Waals surface area contributed by atoms with Crippen molar-refractivity contribution < 1.29 is 13.2 Å². The van der Waals surface area contributed by atoms with E-state index in [0.29, 0.717) is 12.5 Å². The van der Waals surface area contributed by atoms with E-state index < -0.39 is 10.2 Å². The van der Waals surface area contributed by atoms with Crippen LogP contribution in [0.1, 0.15) is 20.3 Å². The van der Waals surface area contributed by atoms with E-state index in [-0.39, 0.29) is 6.04 Å². The zero-order valence-corrected chi connectivity index (χ0v) is 15.1. The molecule has 1 atom stereocenters. The normalized spacial score (nSPS) is 18.9. The topological polar surface area (TPSA) is 61.9 Å². The Morgan fingerprint density at radius 2 is 2.17 bits per heavy atom. The van der Waals surface area contributed by atoms with Gasteiger partial charge < -0.3 is 9.64 Å². The van der Waals surface area contributed by atoms with Gasteiger partial charge in [-0.05, 0) is 38.3 Å². The van der Waals surface area contributed by atoms with Gasteiger partial charge in [-0.3, -0.25) is 0 Å². The van der Waals surface area contributed by atoms with Gasteiger partial charge in [-0.2, -0.15) is 12.7 Å². The van der Waals surface area contributed by atoms with Crippen LogP contribution in [-0.4, -0.2) is 52.6 Å². The third-order valence-corrected chi connectivity index (χ3v) is 6.08. The number of nitrogens with one attached hydrogen (secondary N) is 1. The van der Waals surface area contributed by atoms with Crippen molar-refractivity contribution in [3.8, 4) is 5.75 Å². The molecule has 2 rings (SSSR count).